The van der Waals surface area contributed by atoms with Gasteiger partial charge in [-0.25, -0.2) is 13.1 Å². The summed E-state index contributed by atoms with van der Waals surface area (Å²) in [5, 5.41) is 10.9. The summed E-state index contributed by atoms with van der Waals surface area (Å²) >= 11 is 0. The smallest absolute Gasteiger partial charge is 0.241 e. The number of aryl methyl sites for hydroxylation is 1. The summed E-state index contributed by atoms with van der Waals surface area (Å²) in [6.45, 7) is 11.8. The minimum absolute atomic E-state index is 0.276. The Balaban J connectivity index is 3.07. The molecular formula is C19H33NO3S. The molecule has 5 heteroatoms. The zero-order chi connectivity index (χ0) is 18.5. The molecule has 0 radical (unpaired) electrons. The predicted molar refractivity (Wildman–Crippen MR) is 99.4 cm³/mol. The number of hydrogen-bond donors (Lipinski definition) is 2. The van der Waals surface area contributed by atoms with Crippen LogP contribution < -0.4 is 4.72 Å². The summed E-state index contributed by atoms with van der Waals surface area (Å²) in [6.07, 6.45) is 2.02. The second-order valence-electron chi connectivity index (χ2n) is 7.86. The molecule has 0 heterocycles. The lowest BCUT2D eigenvalue weighted by molar-refractivity contribution is 0.00751. The zero-order valence-corrected chi connectivity index (χ0v) is 16.7. The highest BCUT2D eigenvalue weighted by molar-refractivity contribution is 7.89. The van der Waals surface area contributed by atoms with E-state index in [9.17, 15) is 13.5 Å². The molecule has 1 rings (SSSR count). The van der Waals surface area contributed by atoms with E-state index in [0.29, 0.717) is 24.3 Å². The van der Waals surface area contributed by atoms with Crippen LogP contribution in [0.1, 0.15) is 59.4 Å². The van der Waals surface area contributed by atoms with Crippen LogP contribution in [0.5, 0.6) is 0 Å². The van der Waals surface area contributed by atoms with Crippen LogP contribution in [0.2, 0.25) is 0 Å². The van der Waals surface area contributed by atoms with Crippen molar-refractivity contribution in [3.63, 3.8) is 0 Å². The van der Waals surface area contributed by atoms with Crippen LogP contribution in [0.3, 0.4) is 0 Å². The van der Waals surface area contributed by atoms with Crippen molar-refractivity contribution < 1.29 is 13.5 Å². The van der Waals surface area contributed by atoms with E-state index >= 15 is 0 Å². The zero-order valence-electron chi connectivity index (χ0n) is 15.8. The second kappa shape index (κ2) is 8.45. The third-order valence-corrected chi connectivity index (χ3v) is 6.00. The van der Waals surface area contributed by atoms with Gasteiger partial charge >= 0.3 is 0 Å². The van der Waals surface area contributed by atoms with E-state index in [0.717, 1.165) is 6.42 Å². The highest BCUT2D eigenvalue weighted by Gasteiger charge is 2.35. The Bertz CT molecular complexity index is 621. The fourth-order valence-corrected chi connectivity index (χ4v) is 4.37. The first-order valence-corrected chi connectivity index (χ1v) is 10.2. The van der Waals surface area contributed by atoms with Gasteiger partial charge in [0.2, 0.25) is 10.0 Å². The normalized spacial score (nSPS) is 16.4. The number of nitrogens with one attached hydrogen (secondary N) is 1. The minimum atomic E-state index is -3.67. The summed E-state index contributed by atoms with van der Waals surface area (Å²) < 4.78 is 28.4. The van der Waals surface area contributed by atoms with Gasteiger partial charge in [0.1, 0.15) is 0 Å². The van der Waals surface area contributed by atoms with Crippen LogP contribution in [0, 0.1) is 18.8 Å². The standard InChI is InChI=1S/C19H33NO3S/c1-14(2)11-12-19(6,21)18(13-15(3)4)20-24(22,23)17-10-8-7-9-16(17)5/h7-10,14-15,18,20-21H,11-13H2,1-6H3. The summed E-state index contributed by atoms with van der Waals surface area (Å²) in [6, 6.07) is 6.41. The van der Waals surface area contributed by atoms with Gasteiger partial charge in [-0.1, -0.05) is 45.9 Å². The maximum Gasteiger partial charge on any atom is 0.241 e. The summed E-state index contributed by atoms with van der Waals surface area (Å²) in [7, 11) is -3.67. The molecule has 2 atom stereocenters. The van der Waals surface area contributed by atoms with E-state index in [2.05, 4.69) is 18.6 Å². The molecule has 2 N–H and O–H groups in total. The van der Waals surface area contributed by atoms with Gasteiger partial charge in [0.05, 0.1) is 16.5 Å². The molecule has 0 aliphatic carbocycles. The summed E-state index contributed by atoms with van der Waals surface area (Å²) in [5.41, 5.74) is -0.375. The highest BCUT2D eigenvalue weighted by atomic mass is 32.2. The fraction of sp³-hybridized carbons (Fsp3) is 0.684. The van der Waals surface area contributed by atoms with Crippen molar-refractivity contribution in [2.45, 2.75) is 77.3 Å². The van der Waals surface area contributed by atoms with Crippen LogP contribution in [0.15, 0.2) is 29.2 Å². The van der Waals surface area contributed by atoms with E-state index < -0.39 is 21.7 Å². The van der Waals surface area contributed by atoms with Gasteiger partial charge in [-0.2, -0.15) is 0 Å². The molecule has 1 aromatic rings. The number of benzene rings is 1. The van der Waals surface area contributed by atoms with Crippen LogP contribution >= 0.6 is 0 Å². The number of sulfonamides is 1. The lowest BCUT2D eigenvalue weighted by Crippen LogP contribution is -2.51. The van der Waals surface area contributed by atoms with Gasteiger partial charge in [0, 0.05) is 0 Å². The molecule has 4 nitrogen and oxygen atoms in total. The van der Waals surface area contributed by atoms with E-state index in [1.165, 1.54) is 0 Å². The molecule has 0 spiro atoms. The van der Waals surface area contributed by atoms with Crippen molar-refractivity contribution in [3.05, 3.63) is 29.8 Å². The molecule has 138 valence electrons. The van der Waals surface area contributed by atoms with Crippen LogP contribution in [-0.4, -0.2) is 25.2 Å². The lowest BCUT2D eigenvalue weighted by Gasteiger charge is -2.35. The Hall–Kier alpha value is -0.910. The molecule has 0 amide bonds. The average molecular weight is 356 g/mol. The van der Waals surface area contributed by atoms with E-state index in [-0.39, 0.29) is 10.8 Å². The molecule has 0 saturated heterocycles. The molecule has 0 aliphatic rings. The van der Waals surface area contributed by atoms with E-state index in [1.54, 1.807) is 32.0 Å². The SMILES string of the molecule is Cc1ccccc1S(=O)(=O)NC(CC(C)C)C(C)(O)CCC(C)C. The second-order valence-corrected chi connectivity index (χ2v) is 9.54. The third kappa shape index (κ3) is 6.19. The van der Waals surface area contributed by atoms with Crippen LogP contribution in [0.4, 0.5) is 0 Å². The molecule has 1 aromatic carbocycles. The van der Waals surface area contributed by atoms with Crippen molar-refractivity contribution in [2.24, 2.45) is 11.8 Å². The molecule has 24 heavy (non-hydrogen) atoms. The molecule has 2 unspecified atom stereocenters. The Morgan fingerprint density at radius 3 is 2.21 bits per heavy atom. The molecule has 0 aliphatic heterocycles. The lowest BCUT2D eigenvalue weighted by atomic mass is 9.85. The van der Waals surface area contributed by atoms with Crippen molar-refractivity contribution >= 4 is 10.0 Å². The quantitative estimate of drug-likeness (QED) is 0.706. The monoisotopic (exact) mass is 355 g/mol. The number of aliphatic hydroxyl groups is 1. The van der Waals surface area contributed by atoms with E-state index in [4.69, 9.17) is 0 Å². The molecule has 0 bridgehead atoms. The van der Waals surface area contributed by atoms with Gasteiger partial charge in [0.25, 0.3) is 0 Å². The summed E-state index contributed by atoms with van der Waals surface area (Å²) in [5.74, 6) is 0.740. The maximum absolute atomic E-state index is 12.8. The van der Waals surface area contributed by atoms with Crippen LogP contribution in [0.25, 0.3) is 0 Å². The van der Waals surface area contributed by atoms with Gasteiger partial charge in [0.15, 0.2) is 0 Å². The predicted octanol–water partition coefficient (Wildman–Crippen LogP) is 3.88. The molecule has 0 saturated carbocycles. The Morgan fingerprint density at radius 1 is 1.12 bits per heavy atom. The maximum atomic E-state index is 12.8. The highest BCUT2D eigenvalue weighted by Crippen LogP contribution is 2.26. The average Bonchev–Trinajstić information content (AvgIpc) is 2.44. The first kappa shape index (κ1) is 21.1. The van der Waals surface area contributed by atoms with Crippen molar-refractivity contribution in [1.82, 2.24) is 4.72 Å². The Labute approximate surface area is 147 Å². The van der Waals surface area contributed by atoms with Crippen molar-refractivity contribution in [2.75, 3.05) is 0 Å². The molecular weight excluding hydrogens is 322 g/mol. The Morgan fingerprint density at radius 2 is 1.71 bits per heavy atom. The third-order valence-electron chi connectivity index (χ3n) is 4.37. The largest absolute Gasteiger partial charge is 0.389 e. The van der Waals surface area contributed by atoms with Crippen molar-refractivity contribution in [3.8, 4) is 0 Å². The molecule has 0 fully saturated rings. The summed E-state index contributed by atoms with van der Waals surface area (Å²) in [4.78, 5) is 0.276. The molecule has 0 aromatic heterocycles. The Kier molecular flexibility index (Phi) is 7.44. The topological polar surface area (TPSA) is 66.4 Å². The first-order chi connectivity index (χ1) is 11.0. The van der Waals surface area contributed by atoms with Gasteiger partial charge in [-0.3, -0.25) is 0 Å². The number of rotatable bonds is 9. The van der Waals surface area contributed by atoms with Crippen molar-refractivity contribution in [1.29, 1.82) is 0 Å². The first-order valence-electron chi connectivity index (χ1n) is 8.76. The van der Waals surface area contributed by atoms with Crippen LogP contribution in [-0.2, 0) is 10.0 Å². The number of hydrogen-bond acceptors (Lipinski definition) is 3. The van der Waals surface area contributed by atoms with E-state index in [1.807, 2.05) is 19.9 Å². The van der Waals surface area contributed by atoms with Gasteiger partial charge < -0.3 is 5.11 Å². The fourth-order valence-electron chi connectivity index (χ4n) is 2.76. The van der Waals surface area contributed by atoms with Gasteiger partial charge in [-0.05, 0) is 56.6 Å². The van der Waals surface area contributed by atoms with Gasteiger partial charge in [-0.15, -0.1) is 0 Å². The minimum Gasteiger partial charge on any atom is -0.389 e.